The molecule has 27 heavy (non-hydrogen) atoms. The van der Waals surface area contributed by atoms with E-state index in [2.05, 4.69) is 21.0 Å². The van der Waals surface area contributed by atoms with Crippen LogP contribution in [0.1, 0.15) is 33.8 Å². The molecule has 0 aromatic carbocycles. The van der Waals surface area contributed by atoms with Crippen molar-refractivity contribution < 1.29 is 13.9 Å². The molecule has 1 spiro atoms. The van der Waals surface area contributed by atoms with Crippen molar-refractivity contribution in [3.63, 3.8) is 0 Å². The molecule has 1 saturated heterocycles. The number of rotatable bonds is 2. The Kier molecular flexibility index (Phi) is 4.02. The zero-order valence-electron chi connectivity index (χ0n) is 14.6. The molecule has 0 bridgehead atoms. The molecule has 2 aliphatic heterocycles. The minimum Gasteiger partial charge on any atom is -0.451 e. The van der Waals surface area contributed by atoms with Crippen LogP contribution in [0.15, 0.2) is 41.7 Å². The van der Waals surface area contributed by atoms with Crippen molar-refractivity contribution in [3.05, 3.63) is 53.4 Å². The molecule has 0 unspecified atom stereocenters. The number of carbonyl (C=O) groups excluding carboxylic acids is 1. The lowest BCUT2D eigenvalue weighted by Crippen LogP contribution is -2.48. The van der Waals surface area contributed by atoms with E-state index in [1.807, 2.05) is 4.90 Å². The number of hydrogen-bond donors (Lipinski definition) is 0. The van der Waals surface area contributed by atoms with Gasteiger partial charge < -0.3 is 14.1 Å². The highest BCUT2D eigenvalue weighted by atomic mass is 32.1. The molecule has 0 atom stereocenters. The molecule has 0 saturated carbocycles. The van der Waals surface area contributed by atoms with Crippen molar-refractivity contribution >= 4 is 17.2 Å². The van der Waals surface area contributed by atoms with E-state index < -0.39 is 0 Å². The molecule has 3 aromatic heterocycles. The Morgan fingerprint density at radius 2 is 2.11 bits per heavy atom. The zero-order valence-corrected chi connectivity index (χ0v) is 15.4. The molecule has 3 aromatic rings. The summed E-state index contributed by atoms with van der Waals surface area (Å²) in [7, 11) is 0. The normalized spacial score (nSPS) is 18.4. The Labute approximate surface area is 160 Å². The van der Waals surface area contributed by atoms with E-state index >= 15 is 0 Å². The summed E-state index contributed by atoms with van der Waals surface area (Å²) in [5.74, 6) is -0.0831. The Bertz CT molecular complexity index is 947. The van der Waals surface area contributed by atoms with Gasteiger partial charge in [-0.1, -0.05) is 0 Å². The summed E-state index contributed by atoms with van der Waals surface area (Å²) in [6.45, 7) is 1.99. The Morgan fingerprint density at radius 1 is 1.22 bits per heavy atom. The number of amides is 1. The Morgan fingerprint density at radius 3 is 2.85 bits per heavy atom. The van der Waals surface area contributed by atoms with Crippen LogP contribution in [0.4, 0.5) is 0 Å². The van der Waals surface area contributed by atoms with Gasteiger partial charge in [-0.3, -0.25) is 14.8 Å². The molecule has 2 aliphatic rings. The van der Waals surface area contributed by atoms with Crippen molar-refractivity contribution in [2.75, 3.05) is 19.7 Å². The highest BCUT2D eigenvalue weighted by molar-refractivity contribution is 7.15. The first kappa shape index (κ1) is 16.6. The lowest BCUT2D eigenvalue weighted by molar-refractivity contribution is -0.0926. The van der Waals surface area contributed by atoms with Crippen LogP contribution in [0.2, 0.25) is 0 Å². The molecule has 5 rings (SSSR count). The summed E-state index contributed by atoms with van der Waals surface area (Å²) in [6, 6.07) is 2.21. The predicted molar refractivity (Wildman–Crippen MR) is 98.3 cm³/mol. The molecule has 5 heterocycles. The van der Waals surface area contributed by atoms with Crippen molar-refractivity contribution in [1.29, 1.82) is 0 Å². The second-order valence-corrected chi connectivity index (χ2v) is 7.93. The topological polar surface area (TPSA) is 81.4 Å². The van der Waals surface area contributed by atoms with E-state index in [0.29, 0.717) is 25.4 Å². The number of hydrogen-bond acceptors (Lipinski definition) is 7. The van der Waals surface area contributed by atoms with Crippen LogP contribution in [0.5, 0.6) is 0 Å². The smallest absolute Gasteiger partial charge is 0.275 e. The molecule has 138 valence electrons. The first-order chi connectivity index (χ1) is 13.3. The van der Waals surface area contributed by atoms with Gasteiger partial charge in [0.2, 0.25) is 0 Å². The van der Waals surface area contributed by atoms with Gasteiger partial charge in [-0.2, -0.15) is 0 Å². The maximum absolute atomic E-state index is 12.5. The SMILES string of the molecule is O=C(c1cocn1)N1CCC2(CC1)OCCc1sc(-c3cnccn3)cc12. The monoisotopic (exact) mass is 382 g/mol. The second-order valence-electron chi connectivity index (χ2n) is 6.80. The van der Waals surface area contributed by atoms with E-state index in [4.69, 9.17) is 9.15 Å². The van der Waals surface area contributed by atoms with Gasteiger partial charge in [-0.25, -0.2) is 4.98 Å². The van der Waals surface area contributed by atoms with Gasteiger partial charge in [0.15, 0.2) is 12.1 Å². The summed E-state index contributed by atoms with van der Waals surface area (Å²) in [6.07, 6.45) is 10.4. The van der Waals surface area contributed by atoms with Crippen LogP contribution in [-0.2, 0) is 16.8 Å². The van der Waals surface area contributed by atoms with E-state index in [1.165, 1.54) is 23.1 Å². The largest absolute Gasteiger partial charge is 0.451 e. The van der Waals surface area contributed by atoms with E-state index in [0.717, 1.165) is 29.8 Å². The van der Waals surface area contributed by atoms with Crippen molar-refractivity contribution in [2.45, 2.75) is 24.9 Å². The molecule has 0 aliphatic carbocycles. The lowest BCUT2D eigenvalue weighted by atomic mass is 9.82. The molecular formula is C19H18N4O3S. The highest BCUT2D eigenvalue weighted by Crippen LogP contribution is 2.46. The molecule has 8 heteroatoms. The number of oxazole rings is 1. The minimum absolute atomic E-state index is 0.0831. The second kappa shape index (κ2) is 6.54. The quantitative estimate of drug-likeness (QED) is 0.678. The zero-order chi connectivity index (χ0) is 18.3. The summed E-state index contributed by atoms with van der Waals surface area (Å²) >= 11 is 1.78. The fourth-order valence-electron chi connectivity index (χ4n) is 3.93. The van der Waals surface area contributed by atoms with Crippen LogP contribution in [0.3, 0.4) is 0 Å². The van der Waals surface area contributed by atoms with Gasteiger partial charge in [-0.15, -0.1) is 11.3 Å². The van der Waals surface area contributed by atoms with E-state index in [9.17, 15) is 4.79 Å². The predicted octanol–water partition coefficient (Wildman–Crippen LogP) is 2.90. The molecule has 7 nitrogen and oxygen atoms in total. The standard InChI is InChI=1S/C19H18N4O3S/c24-18(15-11-25-12-22-15)23-6-2-19(3-7-23)13-9-17(14-10-20-4-5-21-14)27-16(13)1-8-26-19/h4-5,9-12H,1-3,6-8H2. The van der Waals surface area contributed by atoms with E-state index in [1.54, 1.807) is 29.9 Å². The third-order valence-electron chi connectivity index (χ3n) is 5.33. The number of likely N-dealkylation sites (tertiary alicyclic amines) is 1. The van der Waals surface area contributed by atoms with Crippen LogP contribution in [-0.4, -0.2) is 45.5 Å². The fraction of sp³-hybridized carbons (Fsp3) is 0.368. The van der Waals surface area contributed by atoms with E-state index in [-0.39, 0.29) is 11.5 Å². The number of ether oxygens (including phenoxy) is 1. The number of carbonyl (C=O) groups is 1. The van der Waals surface area contributed by atoms with Crippen LogP contribution >= 0.6 is 11.3 Å². The summed E-state index contributed by atoms with van der Waals surface area (Å²) in [5.41, 5.74) is 2.20. The number of aromatic nitrogens is 3. The third kappa shape index (κ3) is 2.85. The van der Waals surface area contributed by atoms with Gasteiger partial charge in [0.25, 0.3) is 5.91 Å². The maximum Gasteiger partial charge on any atom is 0.275 e. The molecular weight excluding hydrogens is 364 g/mol. The first-order valence-electron chi connectivity index (χ1n) is 8.96. The first-order valence-corrected chi connectivity index (χ1v) is 9.78. The van der Waals surface area contributed by atoms with Crippen LogP contribution in [0, 0.1) is 0 Å². The molecule has 1 amide bonds. The highest BCUT2D eigenvalue weighted by Gasteiger charge is 2.43. The van der Waals surface area contributed by atoms with Crippen molar-refractivity contribution in [1.82, 2.24) is 19.9 Å². The Balaban J connectivity index is 1.40. The molecule has 0 N–H and O–H groups in total. The third-order valence-corrected chi connectivity index (χ3v) is 6.55. The average Bonchev–Trinajstić information content (AvgIpc) is 3.40. The van der Waals surface area contributed by atoms with Gasteiger partial charge in [0, 0.05) is 36.8 Å². The Hall–Kier alpha value is -2.58. The van der Waals surface area contributed by atoms with Crippen LogP contribution < -0.4 is 0 Å². The molecule has 1 fully saturated rings. The van der Waals surface area contributed by atoms with Gasteiger partial charge in [0.05, 0.1) is 29.0 Å². The van der Waals surface area contributed by atoms with Gasteiger partial charge in [-0.05, 0) is 24.5 Å². The maximum atomic E-state index is 12.5. The van der Waals surface area contributed by atoms with Gasteiger partial charge >= 0.3 is 0 Å². The van der Waals surface area contributed by atoms with Crippen LogP contribution in [0.25, 0.3) is 10.6 Å². The summed E-state index contributed by atoms with van der Waals surface area (Å²) in [4.78, 5) is 29.4. The van der Waals surface area contributed by atoms with Gasteiger partial charge in [0.1, 0.15) is 6.26 Å². The average molecular weight is 382 g/mol. The number of thiophene rings is 1. The summed E-state index contributed by atoms with van der Waals surface area (Å²) in [5, 5.41) is 0. The van der Waals surface area contributed by atoms with Crippen molar-refractivity contribution in [3.8, 4) is 10.6 Å². The fourth-order valence-corrected chi connectivity index (χ4v) is 5.13. The lowest BCUT2D eigenvalue weighted by Gasteiger charge is -2.43. The molecule has 0 radical (unpaired) electrons. The number of piperidine rings is 1. The minimum atomic E-state index is -0.314. The number of fused-ring (bicyclic) bond motifs is 2. The number of nitrogens with zero attached hydrogens (tertiary/aromatic N) is 4. The summed E-state index contributed by atoms with van der Waals surface area (Å²) < 4.78 is 11.2. The van der Waals surface area contributed by atoms with Crippen molar-refractivity contribution in [2.24, 2.45) is 0 Å².